The largest absolute Gasteiger partial charge is 0.460 e. The summed E-state index contributed by atoms with van der Waals surface area (Å²) in [6.07, 6.45) is 47.0. The lowest BCUT2D eigenvalue weighted by Gasteiger charge is -2.58. The molecule has 8 heteroatoms. The number of unbranched alkanes of at least 4 members (excludes halogenated alkanes) is 2. The van der Waals surface area contributed by atoms with Gasteiger partial charge in [-0.15, -0.1) is 0 Å². The summed E-state index contributed by atoms with van der Waals surface area (Å²) in [4.78, 5) is 53.3. The Balaban J connectivity index is 0.842. The number of nitrogens with zero attached hydrogens (tertiary/aromatic N) is 1. The molecule has 8 nitrogen and oxygen atoms in total. The molecule has 1 aliphatic heterocycles. The van der Waals surface area contributed by atoms with Crippen LogP contribution in [0.2, 0.25) is 0 Å². The summed E-state index contributed by atoms with van der Waals surface area (Å²) in [6.45, 7) is 14.0. The SMILES string of the molecule is CC(C)CCC[C@@H](C)[C@H]1CC[C@H]2[C@@H]3CC=C4C[C@@H](OC(=O)NCCCCCC(=O)N5CC[C@@H](OC(=O)CC/C=C6/C=C\C=C/C=C\C=C/C=C\C=C/C=CC6=O)C5)CC[C@]4(C)[C@H]3CC[C@]12C. The zero-order valence-electron chi connectivity index (χ0n) is 41.1. The number of esters is 1. The average Bonchev–Trinajstić information content (AvgIpc) is 3.90. The highest BCUT2D eigenvalue weighted by molar-refractivity contribution is 6.06. The molecule has 6 aliphatic rings. The van der Waals surface area contributed by atoms with E-state index in [0.29, 0.717) is 49.9 Å². The first-order valence-electron chi connectivity index (χ1n) is 25.9. The van der Waals surface area contributed by atoms with E-state index in [1.807, 2.05) is 54.7 Å². The van der Waals surface area contributed by atoms with E-state index in [9.17, 15) is 19.2 Å². The third-order valence-electron chi connectivity index (χ3n) is 16.4. The predicted octanol–water partition coefficient (Wildman–Crippen LogP) is 13.0. The lowest BCUT2D eigenvalue weighted by atomic mass is 9.47. The maximum Gasteiger partial charge on any atom is 0.407 e. The number of fused-ring (bicyclic) bond motifs is 5. The summed E-state index contributed by atoms with van der Waals surface area (Å²) in [5.41, 5.74) is 2.77. The quantitative estimate of drug-likeness (QED) is 0.0716. The Labute approximate surface area is 397 Å². The third-order valence-corrected chi connectivity index (χ3v) is 16.4. The van der Waals surface area contributed by atoms with Gasteiger partial charge in [-0.2, -0.15) is 0 Å². The Bertz CT molecular complexity index is 1950. The molecule has 1 heterocycles. The molecule has 9 atom stereocenters. The molecule has 0 aromatic carbocycles. The van der Waals surface area contributed by atoms with Crippen molar-refractivity contribution in [3.63, 3.8) is 0 Å². The molecule has 360 valence electrons. The van der Waals surface area contributed by atoms with Gasteiger partial charge in [0.15, 0.2) is 5.78 Å². The van der Waals surface area contributed by atoms with Crippen molar-refractivity contribution in [3.05, 3.63) is 108 Å². The van der Waals surface area contributed by atoms with Gasteiger partial charge in [-0.1, -0.05) is 157 Å². The van der Waals surface area contributed by atoms with Crippen LogP contribution in [-0.2, 0) is 23.9 Å². The maximum absolute atomic E-state index is 13.0. The fourth-order valence-corrected chi connectivity index (χ4v) is 12.8. The Hall–Kier alpha value is -4.46. The zero-order valence-corrected chi connectivity index (χ0v) is 41.1. The topological polar surface area (TPSA) is 102 Å². The van der Waals surface area contributed by atoms with Crippen molar-refractivity contribution >= 4 is 23.8 Å². The van der Waals surface area contributed by atoms with Crippen LogP contribution in [-0.4, -0.2) is 60.5 Å². The molecule has 5 aliphatic carbocycles. The average molecular weight is 903 g/mol. The van der Waals surface area contributed by atoms with Gasteiger partial charge >= 0.3 is 12.1 Å². The van der Waals surface area contributed by atoms with Crippen LogP contribution in [0, 0.1) is 46.3 Å². The summed E-state index contributed by atoms with van der Waals surface area (Å²) in [5, 5.41) is 2.98. The number of ketones is 1. The Kier molecular flexibility index (Phi) is 19.3. The van der Waals surface area contributed by atoms with E-state index >= 15 is 0 Å². The van der Waals surface area contributed by atoms with Crippen LogP contribution in [0.15, 0.2) is 108 Å². The van der Waals surface area contributed by atoms with Crippen molar-refractivity contribution in [1.82, 2.24) is 10.2 Å². The fourth-order valence-electron chi connectivity index (χ4n) is 12.8. The molecular formula is C58H82N2O6. The van der Waals surface area contributed by atoms with Crippen LogP contribution in [0.3, 0.4) is 0 Å². The number of rotatable bonds is 16. The number of alkyl carbamates (subject to hydrolysis) is 1. The molecule has 1 N–H and O–H groups in total. The van der Waals surface area contributed by atoms with Crippen molar-refractivity contribution in [2.75, 3.05) is 19.6 Å². The van der Waals surface area contributed by atoms with E-state index < -0.39 is 0 Å². The molecule has 4 fully saturated rings. The molecule has 0 spiro atoms. The highest BCUT2D eigenvalue weighted by Crippen LogP contribution is 2.67. The van der Waals surface area contributed by atoms with E-state index in [2.05, 4.69) is 46.0 Å². The first-order valence-corrected chi connectivity index (χ1v) is 25.9. The number of carbonyl (C=O) groups excluding carboxylic acids is 4. The van der Waals surface area contributed by atoms with Crippen LogP contribution in [0.25, 0.3) is 0 Å². The van der Waals surface area contributed by atoms with Crippen molar-refractivity contribution in [2.24, 2.45) is 46.3 Å². The van der Waals surface area contributed by atoms with Gasteiger partial charge in [-0.05, 0) is 117 Å². The first-order chi connectivity index (χ1) is 31.9. The second-order valence-electron chi connectivity index (χ2n) is 21.2. The molecule has 0 aromatic rings. The van der Waals surface area contributed by atoms with Gasteiger partial charge in [0, 0.05) is 44.3 Å². The number of allylic oxidation sites excluding steroid dienone is 17. The number of nitrogens with one attached hydrogen (secondary N) is 1. The fraction of sp³-hybridized carbons (Fsp3) is 0.621. The van der Waals surface area contributed by atoms with E-state index in [0.717, 1.165) is 74.0 Å². The Morgan fingerprint density at radius 2 is 1.47 bits per heavy atom. The van der Waals surface area contributed by atoms with Gasteiger partial charge in [-0.25, -0.2) is 4.79 Å². The Morgan fingerprint density at radius 3 is 2.20 bits per heavy atom. The van der Waals surface area contributed by atoms with Crippen LogP contribution in [0.5, 0.6) is 0 Å². The minimum Gasteiger partial charge on any atom is -0.460 e. The standard InChI is InChI=1S/C58H82N2O6/c1-43(2)23-21-24-44(3)50-32-33-51-49-31-30-46-41-47(34-37-57(46,4)52(49)35-38-58(50,51)5)66-56(64)59-39-20-16-19-28-54(62)60-40-36-48(42-60)65-55(63)29-22-26-45-25-17-14-12-10-8-6-7-9-11-13-15-18-27-53(45)61/h6-15,17-18,25-27,30,43-44,47-52H,16,19-24,28-29,31-42H2,1-5H3,(H,59,64)/b7-6-,10-8-,11-9-,14-12-,15-13-,25-17-,27-18?,45-26-/t44-,47+,48-,49+,50-,51+,52+,57+,58-/m1/s1. The monoisotopic (exact) mass is 903 g/mol. The number of hydrogen-bond donors (Lipinski definition) is 1. The summed E-state index contributed by atoms with van der Waals surface area (Å²) in [5.74, 6) is 4.49. The third kappa shape index (κ3) is 14.0. The smallest absolute Gasteiger partial charge is 0.407 e. The number of carbonyl (C=O) groups is 4. The number of likely N-dealkylation sites (tertiary alicyclic amines) is 1. The van der Waals surface area contributed by atoms with Crippen molar-refractivity contribution in [2.45, 2.75) is 162 Å². The van der Waals surface area contributed by atoms with E-state index in [1.54, 1.807) is 40.9 Å². The number of ether oxygens (including phenoxy) is 2. The van der Waals surface area contributed by atoms with E-state index in [-0.39, 0.29) is 47.8 Å². The molecular weight excluding hydrogens is 821 g/mol. The molecule has 0 aromatic heterocycles. The van der Waals surface area contributed by atoms with E-state index in [4.69, 9.17) is 9.47 Å². The van der Waals surface area contributed by atoms with Crippen molar-refractivity contribution in [1.29, 1.82) is 0 Å². The molecule has 0 unspecified atom stereocenters. The van der Waals surface area contributed by atoms with Crippen molar-refractivity contribution < 1.29 is 28.7 Å². The van der Waals surface area contributed by atoms with Crippen LogP contribution in [0.4, 0.5) is 4.79 Å². The summed E-state index contributed by atoms with van der Waals surface area (Å²) < 4.78 is 11.7. The molecule has 3 saturated carbocycles. The van der Waals surface area contributed by atoms with Crippen molar-refractivity contribution in [3.8, 4) is 0 Å². The lowest BCUT2D eigenvalue weighted by Crippen LogP contribution is -2.51. The van der Waals surface area contributed by atoms with E-state index in [1.165, 1.54) is 57.4 Å². The first kappa shape index (κ1) is 50.9. The number of hydrogen-bond acceptors (Lipinski definition) is 6. The zero-order chi connectivity index (χ0) is 46.9. The molecule has 0 radical (unpaired) electrons. The summed E-state index contributed by atoms with van der Waals surface area (Å²) in [6, 6.07) is 0. The molecule has 1 saturated heterocycles. The summed E-state index contributed by atoms with van der Waals surface area (Å²) >= 11 is 0. The van der Waals surface area contributed by atoms with Gasteiger partial charge < -0.3 is 19.7 Å². The summed E-state index contributed by atoms with van der Waals surface area (Å²) in [7, 11) is 0. The second kappa shape index (κ2) is 25.1. The van der Waals surface area contributed by atoms with Gasteiger partial charge in [0.25, 0.3) is 0 Å². The van der Waals surface area contributed by atoms with Crippen LogP contribution >= 0.6 is 0 Å². The minimum absolute atomic E-state index is 0.0639. The molecule has 6 rings (SSSR count). The van der Waals surface area contributed by atoms with Gasteiger partial charge in [-0.3, -0.25) is 14.4 Å². The van der Waals surface area contributed by atoms with Crippen LogP contribution < -0.4 is 5.32 Å². The Morgan fingerprint density at radius 1 is 0.758 bits per heavy atom. The maximum atomic E-state index is 13.0. The number of amides is 2. The lowest BCUT2D eigenvalue weighted by molar-refractivity contribution is -0.149. The highest BCUT2D eigenvalue weighted by Gasteiger charge is 2.59. The van der Waals surface area contributed by atoms with Gasteiger partial charge in [0.1, 0.15) is 12.2 Å². The van der Waals surface area contributed by atoms with Gasteiger partial charge in [0.05, 0.1) is 6.54 Å². The van der Waals surface area contributed by atoms with Crippen LogP contribution in [0.1, 0.15) is 150 Å². The second-order valence-corrected chi connectivity index (χ2v) is 21.2. The minimum atomic E-state index is -0.335. The normalized spacial score (nSPS) is 33.7. The molecule has 0 bridgehead atoms. The van der Waals surface area contributed by atoms with Gasteiger partial charge in [0.2, 0.25) is 5.91 Å². The highest BCUT2D eigenvalue weighted by atomic mass is 16.6. The molecule has 2 amide bonds. The molecule has 66 heavy (non-hydrogen) atoms. The predicted molar refractivity (Wildman–Crippen MR) is 267 cm³/mol.